The summed E-state index contributed by atoms with van der Waals surface area (Å²) in [4.78, 5) is 12.3. The van der Waals surface area contributed by atoms with E-state index < -0.39 is 10.0 Å². The van der Waals surface area contributed by atoms with Gasteiger partial charge in [0.15, 0.2) is 0 Å². The van der Waals surface area contributed by atoms with E-state index in [1.165, 1.54) is 24.3 Å². The molecule has 3 N–H and O–H groups in total. The van der Waals surface area contributed by atoms with Gasteiger partial charge in [0.25, 0.3) is 0 Å². The summed E-state index contributed by atoms with van der Waals surface area (Å²) < 4.78 is 27.9. The molecule has 0 aromatic heterocycles. The molecular formula is C18H20N2O4S. The highest BCUT2D eigenvalue weighted by Crippen LogP contribution is 2.48. The number of sulfonamides is 1. The second-order valence-corrected chi connectivity index (χ2v) is 7.57. The number of rotatable bonds is 6. The molecule has 1 amide bonds. The van der Waals surface area contributed by atoms with Gasteiger partial charge in [0.05, 0.1) is 11.5 Å². The van der Waals surface area contributed by atoms with Crippen molar-refractivity contribution in [3.63, 3.8) is 0 Å². The van der Waals surface area contributed by atoms with Gasteiger partial charge >= 0.3 is 0 Å². The average Bonchev–Trinajstić information content (AvgIpc) is 3.36. The Kier molecular flexibility index (Phi) is 4.78. The zero-order valence-corrected chi connectivity index (χ0v) is 14.6. The molecule has 0 aliphatic heterocycles. The third kappa shape index (κ3) is 4.18. The van der Waals surface area contributed by atoms with E-state index >= 15 is 0 Å². The summed E-state index contributed by atoms with van der Waals surface area (Å²) in [6.45, 7) is 2.56. The van der Waals surface area contributed by atoms with Gasteiger partial charge in [-0.3, -0.25) is 4.79 Å². The summed E-state index contributed by atoms with van der Waals surface area (Å²) in [6.07, 6.45) is 0.801. The molecule has 2 unspecified atom stereocenters. The highest BCUT2D eigenvalue weighted by molar-refractivity contribution is 7.89. The van der Waals surface area contributed by atoms with Gasteiger partial charge in [-0.25, -0.2) is 13.6 Å². The lowest BCUT2D eigenvalue weighted by Crippen LogP contribution is -2.15. The van der Waals surface area contributed by atoms with E-state index in [4.69, 9.17) is 9.88 Å². The number of amides is 1. The number of hydrogen-bond donors (Lipinski definition) is 2. The van der Waals surface area contributed by atoms with Gasteiger partial charge in [-0.15, -0.1) is 0 Å². The fourth-order valence-electron chi connectivity index (χ4n) is 2.79. The molecule has 0 spiro atoms. The Labute approximate surface area is 147 Å². The Morgan fingerprint density at radius 2 is 1.80 bits per heavy atom. The Hall–Kier alpha value is -2.38. The number of nitrogens with one attached hydrogen (secondary N) is 1. The Morgan fingerprint density at radius 3 is 2.36 bits per heavy atom. The maximum absolute atomic E-state index is 12.3. The molecule has 2 aromatic carbocycles. The first-order chi connectivity index (χ1) is 11.9. The Balaban J connectivity index is 1.60. The second-order valence-electron chi connectivity index (χ2n) is 6.01. The van der Waals surface area contributed by atoms with E-state index in [-0.39, 0.29) is 22.6 Å². The monoisotopic (exact) mass is 360 g/mol. The van der Waals surface area contributed by atoms with Crippen LogP contribution in [0.25, 0.3) is 0 Å². The summed E-state index contributed by atoms with van der Waals surface area (Å²) in [6, 6.07) is 13.6. The van der Waals surface area contributed by atoms with Crippen LogP contribution in [-0.4, -0.2) is 20.9 Å². The standard InChI is InChI=1S/C18H20N2O4S/c1-2-24-14-7-3-12(4-8-14)16-11-17(16)18(21)20-13-5-9-15(10-6-13)25(19,22)23/h3-10,16-17H,2,11H2,1H3,(H,20,21)(H2,19,22,23). The normalized spacial score (nSPS) is 19.3. The van der Waals surface area contributed by atoms with Crippen LogP contribution >= 0.6 is 0 Å². The molecule has 132 valence electrons. The lowest BCUT2D eigenvalue weighted by Gasteiger charge is -2.07. The molecule has 0 heterocycles. The first-order valence-electron chi connectivity index (χ1n) is 8.05. The minimum Gasteiger partial charge on any atom is -0.494 e. The summed E-state index contributed by atoms with van der Waals surface area (Å²) in [7, 11) is -3.73. The molecule has 1 aliphatic carbocycles. The van der Waals surface area contributed by atoms with Gasteiger partial charge in [0, 0.05) is 11.6 Å². The molecule has 1 fully saturated rings. The number of hydrogen-bond acceptors (Lipinski definition) is 4. The molecule has 6 nitrogen and oxygen atoms in total. The van der Waals surface area contributed by atoms with Gasteiger partial charge in [-0.2, -0.15) is 0 Å². The topological polar surface area (TPSA) is 98.5 Å². The molecular weight excluding hydrogens is 340 g/mol. The van der Waals surface area contributed by atoms with Crippen molar-refractivity contribution in [2.45, 2.75) is 24.2 Å². The lowest BCUT2D eigenvalue weighted by atomic mass is 10.1. The van der Waals surface area contributed by atoms with Crippen molar-refractivity contribution in [1.29, 1.82) is 0 Å². The summed E-state index contributed by atoms with van der Waals surface area (Å²) in [5.41, 5.74) is 1.67. The van der Waals surface area contributed by atoms with Gasteiger partial charge in [-0.1, -0.05) is 12.1 Å². The SMILES string of the molecule is CCOc1ccc(C2CC2C(=O)Nc2ccc(S(N)(=O)=O)cc2)cc1. The van der Waals surface area contributed by atoms with Gasteiger partial charge < -0.3 is 10.1 Å². The fourth-order valence-corrected chi connectivity index (χ4v) is 3.31. The number of carbonyl (C=O) groups excluding carboxylic acids is 1. The van der Waals surface area contributed by atoms with Crippen LogP contribution in [0.2, 0.25) is 0 Å². The van der Waals surface area contributed by atoms with Crippen LogP contribution in [0.4, 0.5) is 5.69 Å². The molecule has 1 saturated carbocycles. The fraction of sp³-hybridized carbons (Fsp3) is 0.278. The maximum atomic E-state index is 12.3. The largest absolute Gasteiger partial charge is 0.494 e. The highest BCUT2D eigenvalue weighted by atomic mass is 32.2. The van der Waals surface area contributed by atoms with E-state index in [2.05, 4.69) is 5.32 Å². The van der Waals surface area contributed by atoms with E-state index in [1.807, 2.05) is 31.2 Å². The van der Waals surface area contributed by atoms with E-state index in [0.29, 0.717) is 12.3 Å². The number of anilines is 1. The first-order valence-corrected chi connectivity index (χ1v) is 9.59. The minimum atomic E-state index is -3.73. The van der Waals surface area contributed by atoms with Crippen LogP contribution in [-0.2, 0) is 14.8 Å². The predicted octanol–water partition coefficient (Wildman–Crippen LogP) is 2.47. The quantitative estimate of drug-likeness (QED) is 0.827. The minimum absolute atomic E-state index is 0.0178. The van der Waals surface area contributed by atoms with Crippen molar-refractivity contribution < 1.29 is 17.9 Å². The molecule has 0 bridgehead atoms. The van der Waals surface area contributed by atoms with Crippen molar-refractivity contribution in [2.24, 2.45) is 11.1 Å². The molecule has 3 rings (SSSR count). The number of primary sulfonamides is 1. The van der Waals surface area contributed by atoms with Crippen LogP contribution in [0.3, 0.4) is 0 Å². The zero-order valence-electron chi connectivity index (χ0n) is 13.8. The van der Waals surface area contributed by atoms with E-state index in [9.17, 15) is 13.2 Å². The molecule has 2 atom stereocenters. The van der Waals surface area contributed by atoms with Crippen molar-refractivity contribution in [3.8, 4) is 5.75 Å². The molecule has 0 saturated heterocycles. The van der Waals surface area contributed by atoms with Gasteiger partial charge in [0.2, 0.25) is 15.9 Å². The molecule has 25 heavy (non-hydrogen) atoms. The maximum Gasteiger partial charge on any atom is 0.238 e. The average molecular weight is 360 g/mol. The Morgan fingerprint density at radius 1 is 1.16 bits per heavy atom. The third-order valence-corrected chi connectivity index (χ3v) is 5.13. The van der Waals surface area contributed by atoms with Gasteiger partial charge in [-0.05, 0) is 61.2 Å². The van der Waals surface area contributed by atoms with Crippen molar-refractivity contribution in [1.82, 2.24) is 0 Å². The number of benzene rings is 2. The van der Waals surface area contributed by atoms with Gasteiger partial charge in [0.1, 0.15) is 5.75 Å². The summed E-state index contributed by atoms with van der Waals surface area (Å²) in [5, 5.41) is 7.87. The second kappa shape index (κ2) is 6.85. The van der Waals surface area contributed by atoms with Crippen LogP contribution in [0.15, 0.2) is 53.4 Å². The first kappa shape index (κ1) is 17.4. The van der Waals surface area contributed by atoms with Crippen molar-refractivity contribution >= 4 is 21.6 Å². The van der Waals surface area contributed by atoms with E-state index in [0.717, 1.165) is 17.7 Å². The van der Waals surface area contributed by atoms with Crippen LogP contribution in [0.1, 0.15) is 24.8 Å². The summed E-state index contributed by atoms with van der Waals surface area (Å²) in [5.74, 6) is 0.889. The predicted molar refractivity (Wildman–Crippen MR) is 94.9 cm³/mol. The Bertz CT molecular complexity index is 861. The van der Waals surface area contributed by atoms with Crippen LogP contribution < -0.4 is 15.2 Å². The molecule has 2 aromatic rings. The summed E-state index contributed by atoms with van der Waals surface area (Å²) >= 11 is 0. The van der Waals surface area contributed by atoms with Crippen molar-refractivity contribution in [2.75, 3.05) is 11.9 Å². The molecule has 1 aliphatic rings. The van der Waals surface area contributed by atoms with Crippen molar-refractivity contribution in [3.05, 3.63) is 54.1 Å². The zero-order chi connectivity index (χ0) is 18.0. The number of carbonyl (C=O) groups is 1. The lowest BCUT2D eigenvalue weighted by molar-refractivity contribution is -0.117. The number of nitrogens with two attached hydrogens (primary N) is 1. The third-order valence-electron chi connectivity index (χ3n) is 4.20. The number of ether oxygens (including phenoxy) is 1. The molecule has 7 heteroatoms. The highest BCUT2D eigenvalue weighted by Gasteiger charge is 2.43. The smallest absolute Gasteiger partial charge is 0.238 e. The van der Waals surface area contributed by atoms with E-state index in [1.54, 1.807) is 0 Å². The van der Waals surface area contributed by atoms with Crippen LogP contribution in [0, 0.1) is 5.92 Å². The van der Waals surface area contributed by atoms with Crippen LogP contribution in [0.5, 0.6) is 5.75 Å². The molecule has 0 radical (unpaired) electrons.